The summed E-state index contributed by atoms with van der Waals surface area (Å²) in [6.45, 7) is 8.28. The highest BCUT2D eigenvalue weighted by atomic mass is 16.7. The average Bonchev–Trinajstić information content (AvgIpc) is 2.49. The molecule has 0 amide bonds. The van der Waals surface area contributed by atoms with E-state index in [4.69, 9.17) is 15.9 Å². The lowest BCUT2D eigenvalue weighted by Crippen LogP contribution is -2.27. The maximum atomic E-state index is 5.53. The molecule has 0 N–H and O–H groups in total. The predicted molar refractivity (Wildman–Crippen MR) is 47.4 cm³/mol. The first-order valence-corrected chi connectivity index (χ1v) is 4.06. The second-order valence-electron chi connectivity index (χ2n) is 3.23. The van der Waals surface area contributed by atoms with E-state index in [1.54, 1.807) is 0 Å². The van der Waals surface area contributed by atoms with E-state index >= 15 is 0 Å². The molecule has 0 bridgehead atoms. The zero-order chi connectivity index (χ0) is 9.19. The van der Waals surface area contributed by atoms with Crippen molar-refractivity contribution in [1.82, 2.24) is 0 Å². The molecule has 2 nitrogen and oxygen atoms in total. The highest BCUT2D eigenvalue weighted by Gasteiger charge is 2.38. The SMILES string of the molecule is C#CC1(C=C)OCC(C(C)C)O1. The monoisotopic (exact) mass is 166 g/mol. The molecular formula is C10H14O2. The molecule has 1 fully saturated rings. The molecule has 1 rings (SSSR count). The molecule has 0 saturated carbocycles. The smallest absolute Gasteiger partial charge is 0.254 e. The van der Waals surface area contributed by atoms with Crippen LogP contribution in [-0.2, 0) is 9.47 Å². The topological polar surface area (TPSA) is 18.5 Å². The van der Waals surface area contributed by atoms with Crippen LogP contribution in [0.1, 0.15) is 13.8 Å². The summed E-state index contributed by atoms with van der Waals surface area (Å²) in [4.78, 5) is 0. The molecule has 0 aromatic carbocycles. The molecule has 66 valence electrons. The molecule has 1 heterocycles. The fraction of sp³-hybridized carbons (Fsp3) is 0.600. The summed E-state index contributed by atoms with van der Waals surface area (Å²) in [5.41, 5.74) is 0. The quantitative estimate of drug-likeness (QED) is 0.458. The Bertz CT molecular complexity index is 214. The Morgan fingerprint density at radius 3 is 2.67 bits per heavy atom. The first-order valence-electron chi connectivity index (χ1n) is 4.06. The zero-order valence-corrected chi connectivity index (χ0v) is 7.54. The van der Waals surface area contributed by atoms with E-state index in [0.717, 1.165) is 0 Å². The summed E-state index contributed by atoms with van der Waals surface area (Å²) in [6.07, 6.45) is 6.88. The van der Waals surface area contributed by atoms with Crippen molar-refractivity contribution in [2.75, 3.05) is 6.61 Å². The van der Waals surface area contributed by atoms with Crippen molar-refractivity contribution in [2.24, 2.45) is 5.92 Å². The Labute approximate surface area is 73.6 Å². The van der Waals surface area contributed by atoms with Gasteiger partial charge in [-0.05, 0) is 17.9 Å². The van der Waals surface area contributed by atoms with Gasteiger partial charge < -0.3 is 9.47 Å². The normalized spacial score (nSPS) is 35.0. The van der Waals surface area contributed by atoms with Crippen LogP contribution in [0.3, 0.4) is 0 Å². The van der Waals surface area contributed by atoms with Gasteiger partial charge in [0, 0.05) is 0 Å². The average molecular weight is 166 g/mol. The molecule has 0 aromatic heterocycles. The van der Waals surface area contributed by atoms with Crippen molar-refractivity contribution >= 4 is 0 Å². The Hall–Kier alpha value is -0.780. The first-order chi connectivity index (χ1) is 5.63. The number of ether oxygens (including phenoxy) is 2. The van der Waals surface area contributed by atoms with Gasteiger partial charge in [-0.1, -0.05) is 20.4 Å². The molecule has 1 saturated heterocycles. The molecule has 2 unspecified atom stereocenters. The van der Waals surface area contributed by atoms with E-state index in [1.807, 2.05) is 0 Å². The number of hydrogen-bond donors (Lipinski definition) is 0. The third-order valence-electron chi connectivity index (χ3n) is 2.00. The minimum Gasteiger partial charge on any atom is -0.334 e. The van der Waals surface area contributed by atoms with E-state index in [1.165, 1.54) is 6.08 Å². The predicted octanol–water partition coefficient (Wildman–Crippen LogP) is 1.57. The summed E-state index contributed by atoms with van der Waals surface area (Å²) in [5.74, 6) is 1.89. The van der Waals surface area contributed by atoms with Gasteiger partial charge in [-0.2, -0.15) is 0 Å². The van der Waals surface area contributed by atoms with Gasteiger partial charge in [0.2, 0.25) is 0 Å². The van der Waals surface area contributed by atoms with Crippen LogP contribution >= 0.6 is 0 Å². The molecular weight excluding hydrogens is 152 g/mol. The van der Waals surface area contributed by atoms with Gasteiger partial charge in [0.25, 0.3) is 5.79 Å². The van der Waals surface area contributed by atoms with Crippen molar-refractivity contribution < 1.29 is 9.47 Å². The van der Waals surface area contributed by atoms with Gasteiger partial charge in [0.1, 0.15) is 0 Å². The second-order valence-corrected chi connectivity index (χ2v) is 3.23. The maximum absolute atomic E-state index is 5.53. The van der Waals surface area contributed by atoms with Crippen LogP contribution in [-0.4, -0.2) is 18.5 Å². The van der Waals surface area contributed by atoms with E-state index < -0.39 is 5.79 Å². The van der Waals surface area contributed by atoms with Crippen LogP contribution < -0.4 is 0 Å². The van der Waals surface area contributed by atoms with Crippen LogP contribution in [0, 0.1) is 18.3 Å². The van der Waals surface area contributed by atoms with Crippen molar-refractivity contribution in [3.63, 3.8) is 0 Å². The highest BCUT2D eigenvalue weighted by Crippen LogP contribution is 2.27. The highest BCUT2D eigenvalue weighted by molar-refractivity contribution is 5.14. The Balaban J connectivity index is 2.66. The Morgan fingerprint density at radius 2 is 2.42 bits per heavy atom. The van der Waals surface area contributed by atoms with E-state index in [2.05, 4.69) is 26.3 Å². The summed E-state index contributed by atoms with van der Waals surface area (Å²) in [7, 11) is 0. The van der Waals surface area contributed by atoms with Crippen molar-refractivity contribution in [3.05, 3.63) is 12.7 Å². The molecule has 2 atom stereocenters. The number of terminal acetylenes is 1. The largest absolute Gasteiger partial charge is 0.334 e. The van der Waals surface area contributed by atoms with Gasteiger partial charge in [0.05, 0.1) is 12.7 Å². The zero-order valence-electron chi connectivity index (χ0n) is 7.54. The van der Waals surface area contributed by atoms with E-state index in [0.29, 0.717) is 12.5 Å². The molecule has 12 heavy (non-hydrogen) atoms. The van der Waals surface area contributed by atoms with E-state index in [9.17, 15) is 0 Å². The Morgan fingerprint density at radius 1 is 1.75 bits per heavy atom. The van der Waals surface area contributed by atoms with Gasteiger partial charge in [-0.15, -0.1) is 6.42 Å². The molecule has 1 aliphatic heterocycles. The minimum absolute atomic E-state index is 0.0825. The fourth-order valence-electron chi connectivity index (χ4n) is 1.07. The van der Waals surface area contributed by atoms with Gasteiger partial charge in [0.15, 0.2) is 0 Å². The van der Waals surface area contributed by atoms with Gasteiger partial charge in [-0.25, -0.2) is 0 Å². The number of rotatable bonds is 2. The number of hydrogen-bond acceptors (Lipinski definition) is 2. The third kappa shape index (κ3) is 1.52. The molecule has 0 radical (unpaired) electrons. The molecule has 2 heteroatoms. The lowest BCUT2D eigenvalue weighted by molar-refractivity contribution is -0.0866. The van der Waals surface area contributed by atoms with Crippen molar-refractivity contribution in [2.45, 2.75) is 25.7 Å². The summed E-state index contributed by atoms with van der Waals surface area (Å²) in [5, 5.41) is 0. The lowest BCUT2D eigenvalue weighted by atomic mass is 10.1. The Kier molecular flexibility index (Phi) is 2.56. The van der Waals surface area contributed by atoms with Crippen LogP contribution in [0.2, 0.25) is 0 Å². The standard InChI is InChI=1S/C10H14O2/c1-5-10(6-2)11-7-9(12-10)8(3)4/h1,6,8-9H,2,7H2,3-4H3. The maximum Gasteiger partial charge on any atom is 0.254 e. The van der Waals surface area contributed by atoms with Crippen LogP contribution in [0.15, 0.2) is 12.7 Å². The molecule has 1 aliphatic rings. The lowest BCUT2D eigenvalue weighted by Gasteiger charge is -2.18. The van der Waals surface area contributed by atoms with Crippen LogP contribution in [0.5, 0.6) is 0 Å². The molecule has 0 aliphatic carbocycles. The minimum atomic E-state index is -0.977. The molecule has 0 spiro atoms. The fourth-order valence-corrected chi connectivity index (χ4v) is 1.07. The van der Waals surface area contributed by atoms with E-state index in [-0.39, 0.29) is 6.10 Å². The van der Waals surface area contributed by atoms with Crippen LogP contribution in [0.25, 0.3) is 0 Å². The van der Waals surface area contributed by atoms with Crippen molar-refractivity contribution in [3.8, 4) is 12.3 Å². The second kappa shape index (κ2) is 3.30. The van der Waals surface area contributed by atoms with Crippen molar-refractivity contribution in [1.29, 1.82) is 0 Å². The van der Waals surface area contributed by atoms with Gasteiger partial charge >= 0.3 is 0 Å². The van der Waals surface area contributed by atoms with Gasteiger partial charge in [-0.3, -0.25) is 0 Å². The summed E-state index contributed by atoms with van der Waals surface area (Å²) >= 11 is 0. The van der Waals surface area contributed by atoms with Crippen LogP contribution in [0.4, 0.5) is 0 Å². The third-order valence-corrected chi connectivity index (χ3v) is 2.00. The summed E-state index contributed by atoms with van der Waals surface area (Å²) < 4.78 is 10.9. The first kappa shape index (κ1) is 9.31. The molecule has 0 aromatic rings. The summed E-state index contributed by atoms with van der Waals surface area (Å²) in [6, 6.07) is 0.